The number of nitrogens with two attached hydrogens (primary N) is 1. The van der Waals surface area contributed by atoms with Crippen molar-refractivity contribution in [1.29, 1.82) is 0 Å². The molecule has 1 heterocycles. The van der Waals surface area contributed by atoms with E-state index in [1.54, 1.807) is 18.5 Å². The molecule has 0 aliphatic heterocycles. The maximum Gasteiger partial charge on any atom is 0.123 e. The van der Waals surface area contributed by atoms with Crippen molar-refractivity contribution in [3.05, 3.63) is 59.4 Å². The number of halogens is 1. The van der Waals surface area contributed by atoms with Crippen LogP contribution in [0.4, 0.5) is 4.39 Å². The number of rotatable bonds is 4. The maximum atomic E-state index is 13.2. The molecule has 0 fully saturated rings. The van der Waals surface area contributed by atoms with Crippen molar-refractivity contribution in [1.82, 2.24) is 15.4 Å². The Morgan fingerprint density at radius 1 is 1.33 bits per heavy atom. The molecule has 0 saturated heterocycles. The topological polar surface area (TPSA) is 63.8 Å². The maximum absolute atomic E-state index is 13.2. The average Bonchev–Trinajstić information content (AvgIpc) is 2.41. The van der Waals surface area contributed by atoms with E-state index in [-0.39, 0.29) is 11.9 Å². The van der Waals surface area contributed by atoms with Crippen LogP contribution < -0.4 is 11.3 Å². The van der Waals surface area contributed by atoms with E-state index in [2.05, 4.69) is 15.4 Å². The summed E-state index contributed by atoms with van der Waals surface area (Å²) in [6.07, 6.45) is 5.45. The van der Waals surface area contributed by atoms with Crippen LogP contribution >= 0.6 is 0 Å². The van der Waals surface area contributed by atoms with Gasteiger partial charge < -0.3 is 0 Å². The molecule has 0 spiro atoms. The molecule has 2 rings (SSSR count). The van der Waals surface area contributed by atoms with Crippen LogP contribution in [0.1, 0.15) is 22.7 Å². The largest absolute Gasteiger partial charge is 0.271 e. The first-order chi connectivity index (χ1) is 8.70. The zero-order valence-corrected chi connectivity index (χ0v) is 10.1. The van der Waals surface area contributed by atoms with E-state index in [1.165, 1.54) is 18.5 Å². The second-order valence-corrected chi connectivity index (χ2v) is 4.17. The van der Waals surface area contributed by atoms with Crippen LogP contribution in [0, 0.1) is 12.7 Å². The molecule has 0 radical (unpaired) electrons. The second kappa shape index (κ2) is 5.66. The van der Waals surface area contributed by atoms with Crippen molar-refractivity contribution in [3.63, 3.8) is 0 Å². The zero-order valence-electron chi connectivity index (χ0n) is 10.1. The molecule has 5 heteroatoms. The van der Waals surface area contributed by atoms with Crippen molar-refractivity contribution in [2.75, 3.05) is 0 Å². The van der Waals surface area contributed by atoms with Crippen LogP contribution in [0.5, 0.6) is 0 Å². The number of nitrogens with one attached hydrogen (secondary N) is 1. The van der Waals surface area contributed by atoms with E-state index in [9.17, 15) is 4.39 Å². The van der Waals surface area contributed by atoms with Crippen molar-refractivity contribution in [2.45, 2.75) is 19.4 Å². The van der Waals surface area contributed by atoms with Gasteiger partial charge in [0.25, 0.3) is 0 Å². The van der Waals surface area contributed by atoms with E-state index in [4.69, 9.17) is 5.84 Å². The zero-order chi connectivity index (χ0) is 13.0. The number of hydrazine groups is 1. The third kappa shape index (κ3) is 2.88. The van der Waals surface area contributed by atoms with E-state index in [1.807, 2.05) is 6.92 Å². The minimum Gasteiger partial charge on any atom is -0.271 e. The van der Waals surface area contributed by atoms with Gasteiger partial charge in [-0.15, -0.1) is 0 Å². The predicted molar refractivity (Wildman–Crippen MR) is 66.9 cm³/mol. The number of aromatic nitrogens is 2. The van der Waals surface area contributed by atoms with Crippen LogP contribution in [0.15, 0.2) is 36.9 Å². The molecular formula is C13H15FN4. The van der Waals surface area contributed by atoms with Gasteiger partial charge in [0.05, 0.1) is 6.04 Å². The molecule has 2 aromatic rings. The van der Waals surface area contributed by atoms with E-state index < -0.39 is 0 Å². The number of benzene rings is 1. The molecule has 1 aromatic heterocycles. The summed E-state index contributed by atoms with van der Waals surface area (Å²) < 4.78 is 13.2. The molecule has 0 aliphatic carbocycles. The molecule has 94 valence electrons. The highest BCUT2D eigenvalue weighted by molar-refractivity contribution is 5.28. The molecule has 0 saturated carbocycles. The molecule has 18 heavy (non-hydrogen) atoms. The quantitative estimate of drug-likeness (QED) is 0.636. The third-order valence-corrected chi connectivity index (χ3v) is 2.92. The molecule has 1 atom stereocenters. The summed E-state index contributed by atoms with van der Waals surface area (Å²) in [4.78, 5) is 7.91. The number of hydrogen-bond donors (Lipinski definition) is 2. The van der Waals surface area contributed by atoms with Gasteiger partial charge in [0.2, 0.25) is 0 Å². The first-order valence-corrected chi connectivity index (χ1v) is 5.66. The van der Waals surface area contributed by atoms with Crippen LogP contribution in [0.3, 0.4) is 0 Å². The fraction of sp³-hybridized carbons (Fsp3) is 0.231. The van der Waals surface area contributed by atoms with Crippen molar-refractivity contribution < 1.29 is 4.39 Å². The third-order valence-electron chi connectivity index (χ3n) is 2.92. The van der Waals surface area contributed by atoms with Gasteiger partial charge in [0.1, 0.15) is 12.1 Å². The van der Waals surface area contributed by atoms with Gasteiger partial charge in [-0.3, -0.25) is 11.3 Å². The molecule has 3 N–H and O–H groups in total. The monoisotopic (exact) mass is 246 g/mol. The molecule has 0 amide bonds. The van der Waals surface area contributed by atoms with Gasteiger partial charge in [-0.1, -0.05) is 6.07 Å². The van der Waals surface area contributed by atoms with Crippen LogP contribution in [-0.4, -0.2) is 9.97 Å². The van der Waals surface area contributed by atoms with Gasteiger partial charge >= 0.3 is 0 Å². The van der Waals surface area contributed by atoms with Crippen LogP contribution in [0.25, 0.3) is 0 Å². The summed E-state index contributed by atoms with van der Waals surface area (Å²) in [6.45, 7) is 1.95. The van der Waals surface area contributed by atoms with Gasteiger partial charge in [-0.2, -0.15) is 0 Å². The Morgan fingerprint density at radius 2 is 2.06 bits per heavy atom. The Bertz CT molecular complexity index is 516. The lowest BCUT2D eigenvalue weighted by molar-refractivity contribution is 0.543. The SMILES string of the molecule is Cc1ccc(F)cc1CC(NN)c1cncnc1. The fourth-order valence-electron chi connectivity index (χ4n) is 1.84. The number of aryl methyl sites for hydroxylation is 1. The minimum atomic E-state index is -0.240. The predicted octanol–water partition coefficient (Wildman–Crippen LogP) is 1.67. The smallest absolute Gasteiger partial charge is 0.123 e. The normalized spacial score (nSPS) is 12.4. The number of nitrogens with zero attached hydrogens (tertiary/aromatic N) is 2. The Hall–Kier alpha value is -1.85. The summed E-state index contributed by atoms with van der Waals surface area (Å²) >= 11 is 0. The van der Waals surface area contributed by atoms with Gasteiger partial charge in [0.15, 0.2) is 0 Å². The lowest BCUT2D eigenvalue weighted by Gasteiger charge is -2.16. The molecule has 4 nitrogen and oxygen atoms in total. The average molecular weight is 246 g/mol. The summed E-state index contributed by atoms with van der Waals surface area (Å²) in [5.74, 6) is 5.30. The van der Waals surface area contributed by atoms with Gasteiger partial charge in [-0.25, -0.2) is 14.4 Å². The number of hydrogen-bond acceptors (Lipinski definition) is 4. The van der Waals surface area contributed by atoms with Crippen molar-refractivity contribution >= 4 is 0 Å². The molecular weight excluding hydrogens is 231 g/mol. The Labute approximate surface area is 105 Å². The summed E-state index contributed by atoms with van der Waals surface area (Å²) in [7, 11) is 0. The molecule has 1 unspecified atom stereocenters. The first-order valence-electron chi connectivity index (χ1n) is 5.66. The highest BCUT2D eigenvalue weighted by Gasteiger charge is 2.13. The van der Waals surface area contributed by atoms with Gasteiger partial charge in [0, 0.05) is 18.0 Å². The molecule has 0 aliphatic rings. The van der Waals surface area contributed by atoms with Crippen molar-refractivity contribution in [3.8, 4) is 0 Å². The van der Waals surface area contributed by atoms with Crippen LogP contribution in [-0.2, 0) is 6.42 Å². The lowest BCUT2D eigenvalue weighted by atomic mass is 9.98. The Morgan fingerprint density at radius 3 is 2.72 bits per heavy atom. The standard InChI is InChI=1S/C13H15FN4/c1-9-2-3-12(14)4-10(9)5-13(18-15)11-6-16-8-17-7-11/h2-4,6-8,13,18H,5,15H2,1H3. The van der Waals surface area contributed by atoms with E-state index in [0.29, 0.717) is 6.42 Å². The van der Waals surface area contributed by atoms with E-state index >= 15 is 0 Å². The summed E-state index contributed by atoms with van der Waals surface area (Å²) in [6, 6.07) is 4.62. The molecule has 1 aromatic carbocycles. The van der Waals surface area contributed by atoms with Crippen LogP contribution in [0.2, 0.25) is 0 Å². The Balaban J connectivity index is 2.23. The summed E-state index contributed by atoms with van der Waals surface area (Å²) in [5, 5.41) is 0. The summed E-state index contributed by atoms with van der Waals surface area (Å²) in [5.41, 5.74) is 5.54. The fourth-order valence-corrected chi connectivity index (χ4v) is 1.84. The highest BCUT2D eigenvalue weighted by atomic mass is 19.1. The van der Waals surface area contributed by atoms with Crippen molar-refractivity contribution in [2.24, 2.45) is 5.84 Å². The highest BCUT2D eigenvalue weighted by Crippen LogP contribution is 2.19. The molecule has 0 bridgehead atoms. The first kappa shape index (κ1) is 12.6. The minimum absolute atomic E-state index is 0.133. The second-order valence-electron chi connectivity index (χ2n) is 4.17. The lowest BCUT2D eigenvalue weighted by Crippen LogP contribution is -2.30. The Kier molecular flexibility index (Phi) is 3.96. The van der Waals surface area contributed by atoms with Gasteiger partial charge in [-0.05, 0) is 36.6 Å². The van der Waals surface area contributed by atoms with E-state index in [0.717, 1.165) is 16.7 Å².